The van der Waals surface area contributed by atoms with Gasteiger partial charge in [-0.1, -0.05) is 204 Å². The lowest BCUT2D eigenvalue weighted by Gasteiger charge is -2.18. The first kappa shape index (κ1) is 54.1. The predicted molar refractivity (Wildman–Crippen MR) is 242 cm³/mol. The van der Waals surface area contributed by atoms with E-state index in [1.807, 2.05) is 0 Å². The van der Waals surface area contributed by atoms with Crippen molar-refractivity contribution in [2.24, 2.45) is 0 Å². The van der Waals surface area contributed by atoms with Gasteiger partial charge >= 0.3 is 17.9 Å². The van der Waals surface area contributed by atoms with Gasteiger partial charge in [0.15, 0.2) is 6.10 Å². The van der Waals surface area contributed by atoms with E-state index < -0.39 is 6.10 Å². The third-order valence-electron chi connectivity index (χ3n) is 10.1. The Hall–Kier alpha value is -2.89. The molecule has 6 nitrogen and oxygen atoms in total. The highest BCUT2D eigenvalue weighted by atomic mass is 16.6. The number of hydrogen-bond acceptors (Lipinski definition) is 6. The number of ether oxygens (including phenoxy) is 3. The Bertz CT molecular complexity index is 1050. The molecule has 1 atom stereocenters. The number of rotatable bonds is 42. The van der Waals surface area contributed by atoms with Crippen molar-refractivity contribution in [1.82, 2.24) is 0 Å². The molecule has 0 radical (unpaired) electrons. The summed E-state index contributed by atoms with van der Waals surface area (Å²) in [6.07, 6.45) is 54.9. The van der Waals surface area contributed by atoms with Gasteiger partial charge in [-0.05, 0) is 64.2 Å². The molecule has 0 saturated carbocycles. The standard InChI is InChI=1S/C51H88O6/c1-4-7-10-13-16-19-22-24-25-26-28-29-32-35-38-41-44-50(53)56-47-48(46-55-49(52)43-40-37-34-31-21-18-15-12-9-6-3)57-51(54)45-42-39-36-33-30-27-23-20-17-14-11-8-5-2/h8,11,14,17,20,23,25-26,28-29,48H,4-7,9-10,12-13,15-16,18-19,21-22,24,27,30-47H2,1-3H3/b11-8-,17-14-,23-20-,26-25-,29-28-. The van der Waals surface area contributed by atoms with Gasteiger partial charge in [-0.3, -0.25) is 14.4 Å². The number of carbonyl (C=O) groups excluding carboxylic acids is 3. The lowest BCUT2D eigenvalue weighted by molar-refractivity contribution is -0.167. The van der Waals surface area contributed by atoms with Crippen LogP contribution in [-0.4, -0.2) is 37.2 Å². The molecule has 0 N–H and O–H groups in total. The first-order chi connectivity index (χ1) is 28.0. The lowest BCUT2D eigenvalue weighted by atomic mass is 10.1. The van der Waals surface area contributed by atoms with Crippen LogP contribution in [0, 0.1) is 0 Å². The molecule has 0 heterocycles. The average molecular weight is 797 g/mol. The van der Waals surface area contributed by atoms with E-state index in [9.17, 15) is 14.4 Å². The smallest absolute Gasteiger partial charge is 0.306 e. The molecule has 0 aliphatic heterocycles. The number of unbranched alkanes of at least 4 members (excludes halogenated alkanes) is 24. The van der Waals surface area contributed by atoms with E-state index in [1.54, 1.807) is 0 Å². The monoisotopic (exact) mass is 797 g/mol. The van der Waals surface area contributed by atoms with Gasteiger partial charge in [-0.2, -0.15) is 0 Å². The molecule has 1 unspecified atom stereocenters. The largest absolute Gasteiger partial charge is 0.462 e. The van der Waals surface area contributed by atoms with Crippen LogP contribution < -0.4 is 0 Å². The Kier molecular flexibility index (Phi) is 43.5. The van der Waals surface area contributed by atoms with Crippen molar-refractivity contribution in [3.8, 4) is 0 Å². The predicted octanol–water partition coefficient (Wildman–Crippen LogP) is 15.3. The van der Waals surface area contributed by atoms with E-state index >= 15 is 0 Å². The van der Waals surface area contributed by atoms with E-state index in [0.717, 1.165) is 96.3 Å². The Balaban J connectivity index is 4.43. The second kappa shape index (κ2) is 45.8. The molecule has 0 aromatic heterocycles. The Morgan fingerprint density at radius 3 is 1.09 bits per heavy atom. The molecule has 0 spiro atoms. The van der Waals surface area contributed by atoms with Gasteiger partial charge in [0.05, 0.1) is 0 Å². The molecule has 0 rings (SSSR count). The molecule has 0 aliphatic carbocycles. The fourth-order valence-corrected chi connectivity index (χ4v) is 6.49. The van der Waals surface area contributed by atoms with Crippen LogP contribution in [0.2, 0.25) is 0 Å². The molecule has 57 heavy (non-hydrogen) atoms. The first-order valence-corrected chi connectivity index (χ1v) is 23.8. The van der Waals surface area contributed by atoms with Gasteiger partial charge in [-0.25, -0.2) is 0 Å². The zero-order chi connectivity index (χ0) is 41.5. The van der Waals surface area contributed by atoms with Crippen LogP contribution in [0.1, 0.15) is 226 Å². The molecule has 0 aliphatic rings. The topological polar surface area (TPSA) is 78.9 Å². The van der Waals surface area contributed by atoms with Gasteiger partial charge < -0.3 is 14.2 Å². The molecular weight excluding hydrogens is 709 g/mol. The number of hydrogen-bond donors (Lipinski definition) is 0. The zero-order valence-corrected chi connectivity index (χ0v) is 37.3. The Morgan fingerprint density at radius 1 is 0.368 bits per heavy atom. The minimum Gasteiger partial charge on any atom is -0.462 e. The van der Waals surface area contributed by atoms with Gasteiger partial charge in [0, 0.05) is 19.3 Å². The van der Waals surface area contributed by atoms with Crippen molar-refractivity contribution in [2.75, 3.05) is 13.2 Å². The van der Waals surface area contributed by atoms with Gasteiger partial charge in [0.2, 0.25) is 0 Å². The van der Waals surface area contributed by atoms with E-state index in [-0.39, 0.29) is 31.1 Å². The summed E-state index contributed by atoms with van der Waals surface area (Å²) in [7, 11) is 0. The second-order valence-corrected chi connectivity index (χ2v) is 15.7. The lowest BCUT2D eigenvalue weighted by Crippen LogP contribution is -2.30. The summed E-state index contributed by atoms with van der Waals surface area (Å²) in [5, 5.41) is 0. The van der Waals surface area contributed by atoms with Crippen LogP contribution in [0.15, 0.2) is 60.8 Å². The molecule has 0 bridgehead atoms. The van der Waals surface area contributed by atoms with Crippen LogP contribution in [0.4, 0.5) is 0 Å². The first-order valence-electron chi connectivity index (χ1n) is 23.8. The van der Waals surface area contributed by atoms with Crippen molar-refractivity contribution < 1.29 is 28.6 Å². The minimum atomic E-state index is -0.791. The highest BCUT2D eigenvalue weighted by Crippen LogP contribution is 2.14. The van der Waals surface area contributed by atoms with Crippen LogP contribution >= 0.6 is 0 Å². The van der Waals surface area contributed by atoms with Crippen LogP contribution in [0.5, 0.6) is 0 Å². The van der Waals surface area contributed by atoms with Gasteiger partial charge in [-0.15, -0.1) is 0 Å². The molecule has 6 heteroatoms. The molecule has 0 aromatic rings. The van der Waals surface area contributed by atoms with Crippen molar-refractivity contribution >= 4 is 17.9 Å². The maximum Gasteiger partial charge on any atom is 0.306 e. The van der Waals surface area contributed by atoms with Crippen LogP contribution in [0.3, 0.4) is 0 Å². The summed E-state index contributed by atoms with van der Waals surface area (Å²) in [5.74, 6) is -0.941. The highest BCUT2D eigenvalue weighted by Gasteiger charge is 2.19. The third kappa shape index (κ3) is 44.1. The fraction of sp³-hybridized carbons (Fsp3) is 0.745. The molecule has 0 amide bonds. The molecule has 0 aromatic carbocycles. The summed E-state index contributed by atoms with van der Waals surface area (Å²) in [4.78, 5) is 37.8. The van der Waals surface area contributed by atoms with Crippen molar-refractivity contribution in [1.29, 1.82) is 0 Å². The van der Waals surface area contributed by atoms with E-state index in [1.165, 1.54) is 89.9 Å². The van der Waals surface area contributed by atoms with Gasteiger partial charge in [0.1, 0.15) is 13.2 Å². The second-order valence-electron chi connectivity index (χ2n) is 15.7. The summed E-state index contributed by atoms with van der Waals surface area (Å²) in [6.45, 7) is 6.44. The summed E-state index contributed by atoms with van der Waals surface area (Å²) in [6, 6.07) is 0. The fourth-order valence-electron chi connectivity index (χ4n) is 6.49. The molecule has 0 saturated heterocycles. The van der Waals surface area contributed by atoms with E-state index in [0.29, 0.717) is 19.3 Å². The maximum atomic E-state index is 12.7. The van der Waals surface area contributed by atoms with E-state index in [4.69, 9.17) is 14.2 Å². The molecule has 328 valence electrons. The Labute approximate surface area is 351 Å². The zero-order valence-electron chi connectivity index (χ0n) is 37.3. The minimum absolute atomic E-state index is 0.0902. The van der Waals surface area contributed by atoms with Crippen molar-refractivity contribution in [2.45, 2.75) is 232 Å². The third-order valence-corrected chi connectivity index (χ3v) is 10.1. The van der Waals surface area contributed by atoms with Crippen LogP contribution in [0.25, 0.3) is 0 Å². The van der Waals surface area contributed by atoms with Crippen LogP contribution in [-0.2, 0) is 28.6 Å². The number of carbonyl (C=O) groups is 3. The summed E-state index contributed by atoms with van der Waals surface area (Å²) in [5.41, 5.74) is 0. The highest BCUT2D eigenvalue weighted by molar-refractivity contribution is 5.71. The quantitative estimate of drug-likeness (QED) is 0.0265. The average Bonchev–Trinajstić information content (AvgIpc) is 3.21. The van der Waals surface area contributed by atoms with E-state index in [2.05, 4.69) is 81.5 Å². The SMILES string of the molecule is CC\C=C/C=C\C=C/CCCCCCCC(=O)OC(COC(=O)CCCCC/C=C\C=C/CCCCCCCCC)COC(=O)CCCCCCCCCCCC. The number of esters is 3. The van der Waals surface area contributed by atoms with Crippen molar-refractivity contribution in [3.63, 3.8) is 0 Å². The molecular formula is C51H88O6. The maximum absolute atomic E-state index is 12.7. The summed E-state index contributed by atoms with van der Waals surface area (Å²) >= 11 is 0. The molecule has 0 fully saturated rings. The summed E-state index contributed by atoms with van der Waals surface area (Å²) < 4.78 is 16.7. The van der Waals surface area contributed by atoms with Crippen molar-refractivity contribution in [3.05, 3.63) is 60.8 Å². The Morgan fingerprint density at radius 2 is 0.684 bits per heavy atom. The number of allylic oxidation sites excluding steroid dienone is 10. The van der Waals surface area contributed by atoms with Gasteiger partial charge in [0.25, 0.3) is 0 Å². The normalized spacial score (nSPS) is 12.5.